The van der Waals surface area contributed by atoms with Crippen LogP contribution in [0.15, 0.2) is 42.5 Å². The molecule has 0 spiro atoms. The summed E-state index contributed by atoms with van der Waals surface area (Å²) >= 11 is 11.8. The van der Waals surface area contributed by atoms with Crippen LogP contribution in [0.5, 0.6) is 0 Å². The van der Waals surface area contributed by atoms with E-state index >= 15 is 0 Å². The summed E-state index contributed by atoms with van der Waals surface area (Å²) in [6.07, 6.45) is 2.31. The number of imide groups is 1. The van der Waals surface area contributed by atoms with Crippen molar-refractivity contribution in [1.29, 1.82) is 0 Å². The highest BCUT2D eigenvalue weighted by Crippen LogP contribution is 2.42. The second-order valence-corrected chi connectivity index (χ2v) is 9.26. The third-order valence-corrected chi connectivity index (χ3v) is 6.80. The van der Waals surface area contributed by atoms with Crippen molar-refractivity contribution in [2.75, 3.05) is 16.8 Å². The molecule has 3 atom stereocenters. The van der Waals surface area contributed by atoms with Crippen LogP contribution in [0.3, 0.4) is 0 Å². The molecule has 3 amide bonds. The van der Waals surface area contributed by atoms with E-state index in [-0.39, 0.29) is 34.2 Å². The summed E-state index contributed by atoms with van der Waals surface area (Å²) in [5, 5.41) is 3.19. The molecule has 1 aliphatic carbocycles. The zero-order chi connectivity index (χ0) is 23.7. The number of esters is 1. The van der Waals surface area contributed by atoms with Crippen LogP contribution in [0.25, 0.3) is 0 Å². The van der Waals surface area contributed by atoms with Gasteiger partial charge in [0.25, 0.3) is 5.91 Å². The molecule has 7 nitrogen and oxygen atoms in total. The Kier molecular flexibility index (Phi) is 6.72. The number of benzene rings is 2. The quantitative estimate of drug-likeness (QED) is 0.485. The number of anilines is 2. The number of fused-ring (bicyclic) bond motifs is 1. The van der Waals surface area contributed by atoms with E-state index in [0.29, 0.717) is 35.2 Å². The van der Waals surface area contributed by atoms with Gasteiger partial charge in [0.05, 0.1) is 33.1 Å². The summed E-state index contributed by atoms with van der Waals surface area (Å²) in [4.78, 5) is 51.6. The van der Waals surface area contributed by atoms with Gasteiger partial charge in [-0.25, -0.2) is 4.79 Å². The Morgan fingerprint density at radius 2 is 1.79 bits per heavy atom. The molecule has 2 aromatic carbocycles. The van der Waals surface area contributed by atoms with Crippen LogP contribution in [0.2, 0.25) is 10.0 Å². The molecule has 33 heavy (non-hydrogen) atoms. The molecular formula is C24H22Cl2N2O5. The number of ether oxygens (including phenoxy) is 1. The van der Waals surface area contributed by atoms with E-state index in [9.17, 15) is 19.2 Å². The maximum absolute atomic E-state index is 12.9. The first-order valence-corrected chi connectivity index (χ1v) is 11.4. The number of amides is 3. The monoisotopic (exact) mass is 488 g/mol. The van der Waals surface area contributed by atoms with Gasteiger partial charge in [0.1, 0.15) is 0 Å². The smallest absolute Gasteiger partial charge is 0.338 e. The minimum Gasteiger partial charge on any atom is -0.452 e. The van der Waals surface area contributed by atoms with E-state index in [4.69, 9.17) is 27.9 Å². The number of nitrogens with one attached hydrogen (secondary N) is 1. The minimum absolute atomic E-state index is 0.138. The molecule has 1 heterocycles. The van der Waals surface area contributed by atoms with Crippen LogP contribution in [0.1, 0.15) is 36.5 Å². The Morgan fingerprint density at radius 3 is 2.55 bits per heavy atom. The van der Waals surface area contributed by atoms with Crippen molar-refractivity contribution in [2.24, 2.45) is 17.8 Å². The van der Waals surface area contributed by atoms with Gasteiger partial charge in [-0.2, -0.15) is 0 Å². The van der Waals surface area contributed by atoms with E-state index in [2.05, 4.69) is 12.2 Å². The fraction of sp³-hybridized carbons (Fsp3) is 0.333. The van der Waals surface area contributed by atoms with Gasteiger partial charge in [0.2, 0.25) is 11.8 Å². The van der Waals surface area contributed by atoms with E-state index < -0.39 is 18.5 Å². The van der Waals surface area contributed by atoms with Crippen molar-refractivity contribution in [1.82, 2.24) is 0 Å². The Morgan fingerprint density at radius 1 is 1.03 bits per heavy atom. The summed E-state index contributed by atoms with van der Waals surface area (Å²) in [5.41, 5.74) is 0.884. The lowest BCUT2D eigenvalue weighted by molar-refractivity contribution is -0.122. The first kappa shape index (κ1) is 23.3. The lowest BCUT2D eigenvalue weighted by atomic mass is 9.76. The molecule has 1 saturated heterocycles. The summed E-state index contributed by atoms with van der Waals surface area (Å²) < 4.78 is 5.10. The zero-order valence-electron chi connectivity index (χ0n) is 17.8. The Bertz CT molecular complexity index is 1140. The fourth-order valence-corrected chi connectivity index (χ4v) is 4.70. The van der Waals surface area contributed by atoms with Gasteiger partial charge < -0.3 is 10.1 Å². The normalized spacial score (nSPS) is 22.2. The van der Waals surface area contributed by atoms with Gasteiger partial charge in [-0.15, -0.1) is 0 Å². The number of carbonyl (C=O) groups is 4. The number of nitrogens with zero attached hydrogens (tertiary/aromatic N) is 1. The van der Waals surface area contributed by atoms with Crippen molar-refractivity contribution in [3.63, 3.8) is 0 Å². The summed E-state index contributed by atoms with van der Waals surface area (Å²) in [6.45, 7) is 1.57. The van der Waals surface area contributed by atoms with Crippen molar-refractivity contribution in [2.45, 2.75) is 26.2 Å². The number of halogens is 2. The van der Waals surface area contributed by atoms with Crippen LogP contribution in [-0.2, 0) is 19.1 Å². The van der Waals surface area contributed by atoms with Crippen LogP contribution < -0.4 is 10.2 Å². The van der Waals surface area contributed by atoms with Gasteiger partial charge in [0.15, 0.2) is 6.61 Å². The van der Waals surface area contributed by atoms with E-state index in [1.165, 1.54) is 29.2 Å². The molecule has 1 saturated carbocycles. The van der Waals surface area contributed by atoms with Gasteiger partial charge in [-0.3, -0.25) is 19.3 Å². The maximum atomic E-state index is 12.9. The topological polar surface area (TPSA) is 92.8 Å². The molecule has 2 aliphatic rings. The first-order chi connectivity index (χ1) is 15.7. The molecule has 0 radical (unpaired) electrons. The Labute approximate surface area is 201 Å². The van der Waals surface area contributed by atoms with Crippen LogP contribution in [0.4, 0.5) is 11.4 Å². The highest BCUT2D eigenvalue weighted by atomic mass is 35.5. The summed E-state index contributed by atoms with van der Waals surface area (Å²) in [7, 11) is 0. The molecule has 0 aromatic heterocycles. The predicted molar refractivity (Wildman–Crippen MR) is 124 cm³/mol. The van der Waals surface area contributed by atoms with Gasteiger partial charge in [-0.1, -0.05) is 36.2 Å². The lowest BCUT2D eigenvalue weighted by Gasteiger charge is -2.25. The number of rotatable bonds is 5. The predicted octanol–water partition coefficient (Wildman–Crippen LogP) is 4.71. The zero-order valence-corrected chi connectivity index (χ0v) is 19.4. The lowest BCUT2D eigenvalue weighted by Crippen LogP contribution is -2.31. The molecule has 0 bridgehead atoms. The van der Waals surface area contributed by atoms with E-state index in [1.807, 2.05) is 0 Å². The van der Waals surface area contributed by atoms with Crippen LogP contribution >= 0.6 is 23.2 Å². The highest BCUT2D eigenvalue weighted by Gasteiger charge is 2.50. The minimum atomic E-state index is -0.744. The third kappa shape index (κ3) is 4.89. The Balaban J connectivity index is 1.40. The number of hydrogen-bond donors (Lipinski definition) is 1. The maximum Gasteiger partial charge on any atom is 0.338 e. The van der Waals surface area contributed by atoms with Crippen LogP contribution in [-0.4, -0.2) is 30.3 Å². The summed E-state index contributed by atoms with van der Waals surface area (Å²) in [5.74, 6) is -1.94. The first-order valence-electron chi connectivity index (χ1n) is 10.6. The molecule has 2 fully saturated rings. The third-order valence-electron chi connectivity index (χ3n) is 6.07. The van der Waals surface area contributed by atoms with Crippen LogP contribution in [0, 0.1) is 17.8 Å². The van der Waals surface area contributed by atoms with Gasteiger partial charge >= 0.3 is 5.97 Å². The summed E-state index contributed by atoms with van der Waals surface area (Å²) in [6, 6.07) is 10.7. The van der Waals surface area contributed by atoms with Gasteiger partial charge in [-0.05, 0) is 61.6 Å². The molecule has 0 unspecified atom stereocenters. The van der Waals surface area contributed by atoms with E-state index in [1.54, 1.807) is 18.2 Å². The number of carbonyl (C=O) groups excluding carboxylic acids is 4. The molecule has 4 rings (SSSR count). The molecule has 172 valence electrons. The SMILES string of the molecule is C[C@@H]1CC[C@H]2C(=O)N(c3cccc(C(=O)OCC(=O)Nc4ccc(Cl)c(Cl)c4)c3)C(=O)[C@@H]2C1. The van der Waals surface area contributed by atoms with E-state index in [0.717, 1.165) is 6.42 Å². The highest BCUT2D eigenvalue weighted by molar-refractivity contribution is 6.42. The largest absolute Gasteiger partial charge is 0.452 e. The average Bonchev–Trinajstić information content (AvgIpc) is 3.04. The molecule has 1 aliphatic heterocycles. The Hall–Kier alpha value is -2.90. The number of hydrogen-bond acceptors (Lipinski definition) is 5. The molecule has 1 N–H and O–H groups in total. The van der Waals surface area contributed by atoms with Crippen molar-refractivity contribution in [3.05, 3.63) is 58.1 Å². The molecule has 2 aromatic rings. The van der Waals surface area contributed by atoms with Crippen molar-refractivity contribution < 1.29 is 23.9 Å². The average molecular weight is 489 g/mol. The second kappa shape index (κ2) is 9.53. The van der Waals surface area contributed by atoms with Gasteiger partial charge in [0, 0.05) is 5.69 Å². The second-order valence-electron chi connectivity index (χ2n) is 8.45. The molecule has 9 heteroatoms. The van der Waals surface area contributed by atoms with Crippen molar-refractivity contribution >= 4 is 58.3 Å². The molecular weight excluding hydrogens is 467 g/mol. The van der Waals surface area contributed by atoms with Crippen molar-refractivity contribution in [3.8, 4) is 0 Å². The fourth-order valence-electron chi connectivity index (χ4n) is 4.40. The standard InChI is InChI=1S/C24H22Cl2N2O5/c1-13-5-7-17-18(9-13)23(31)28(22(17)30)16-4-2-3-14(10-16)24(32)33-12-21(29)27-15-6-8-19(25)20(26)11-15/h2-4,6,8,10-11,13,17-18H,5,7,9,12H2,1H3,(H,27,29)/t13-,17-,18-/m1/s1.